The average molecular weight is 205 g/mol. The highest BCUT2D eigenvalue weighted by Crippen LogP contribution is 2.19. The number of rotatable bonds is 2. The summed E-state index contributed by atoms with van der Waals surface area (Å²) in [6.45, 7) is 0. The van der Waals surface area contributed by atoms with Crippen molar-refractivity contribution in [2.45, 2.75) is 5.03 Å². The summed E-state index contributed by atoms with van der Waals surface area (Å²) >= 11 is 1.61. The molecule has 0 aliphatic rings. The van der Waals surface area contributed by atoms with Crippen LogP contribution < -0.4 is 5.73 Å². The van der Waals surface area contributed by atoms with Crippen molar-refractivity contribution in [1.82, 2.24) is 9.55 Å². The Morgan fingerprint density at radius 1 is 1.29 bits per heavy atom. The summed E-state index contributed by atoms with van der Waals surface area (Å²) in [6, 6.07) is 7.71. The van der Waals surface area contributed by atoms with E-state index in [1.54, 1.807) is 11.8 Å². The van der Waals surface area contributed by atoms with E-state index in [4.69, 9.17) is 5.73 Å². The highest BCUT2D eigenvalue weighted by atomic mass is 32.2. The molecule has 14 heavy (non-hydrogen) atoms. The van der Waals surface area contributed by atoms with Crippen molar-refractivity contribution in [3.05, 3.63) is 36.7 Å². The number of hydrogen-bond donors (Lipinski definition) is 1. The van der Waals surface area contributed by atoms with Crippen molar-refractivity contribution in [2.75, 3.05) is 12.0 Å². The van der Waals surface area contributed by atoms with E-state index in [0.29, 0.717) is 5.69 Å². The van der Waals surface area contributed by atoms with Crippen LogP contribution in [0, 0.1) is 0 Å². The maximum absolute atomic E-state index is 5.84. The van der Waals surface area contributed by atoms with Gasteiger partial charge in [-0.2, -0.15) is 0 Å². The molecule has 0 unspecified atom stereocenters. The number of aromatic nitrogens is 2. The van der Waals surface area contributed by atoms with Gasteiger partial charge in [0.2, 0.25) is 0 Å². The van der Waals surface area contributed by atoms with Crippen molar-refractivity contribution in [2.24, 2.45) is 0 Å². The molecule has 0 radical (unpaired) electrons. The quantitative estimate of drug-likeness (QED) is 0.764. The molecule has 2 N–H and O–H groups in total. The lowest BCUT2D eigenvalue weighted by molar-refractivity contribution is 0.968. The predicted molar refractivity (Wildman–Crippen MR) is 59.8 cm³/mol. The van der Waals surface area contributed by atoms with Gasteiger partial charge in [0.25, 0.3) is 0 Å². The van der Waals surface area contributed by atoms with E-state index >= 15 is 0 Å². The number of thioether (sulfide) groups is 1. The molecular weight excluding hydrogens is 194 g/mol. The minimum atomic E-state index is 0.694. The van der Waals surface area contributed by atoms with Crippen LogP contribution in [0.3, 0.4) is 0 Å². The van der Waals surface area contributed by atoms with Gasteiger partial charge in [-0.15, -0.1) is 11.8 Å². The first-order chi connectivity index (χ1) is 6.81. The second kappa shape index (κ2) is 3.75. The zero-order valence-corrected chi connectivity index (χ0v) is 8.66. The molecule has 0 bridgehead atoms. The lowest BCUT2D eigenvalue weighted by Crippen LogP contribution is -2.00. The second-order valence-electron chi connectivity index (χ2n) is 2.86. The summed E-state index contributed by atoms with van der Waals surface area (Å²) in [7, 11) is 0. The standard InChI is InChI=1S/C10H11N3S/c1-14-9-5-4-8(11)10(12-9)13-6-2-3-7-13/h2-7H,11H2,1H3. The number of pyridine rings is 1. The van der Waals surface area contributed by atoms with Gasteiger partial charge in [-0.25, -0.2) is 4.98 Å². The summed E-state index contributed by atoms with van der Waals surface area (Å²) in [4.78, 5) is 4.43. The minimum absolute atomic E-state index is 0.694. The summed E-state index contributed by atoms with van der Waals surface area (Å²) in [5.74, 6) is 0.793. The van der Waals surface area contributed by atoms with E-state index in [-0.39, 0.29) is 0 Å². The van der Waals surface area contributed by atoms with Crippen molar-refractivity contribution in [1.29, 1.82) is 0 Å². The largest absolute Gasteiger partial charge is 0.396 e. The first-order valence-corrected chi connectivity index (χ1v) is 5.47. The third-order valence-corrected chi connectivity index (χ3v) is 2.58. The van der Waals surface area contributed by atoms with Crippen molar-refractivity contribution in [3.8, 4) is 5.82 Å². The molecule has 0 aromatic carbocycles. The Hall–Kier alpha value is -1.42. The fourth-order valence-corrected chi connectivity index (χ4v) is 1.62. The second-order valence-corrected chi connectivity index (χ2v) is 3.68. The van der Waals surface area contributed by atoms with E-state index < -0.39 is 0 Å². The SMILES string of the molecule is CSc1ccc(N)c(-n2cccc2)n1. The highest BCUT2D eigenvalue weighted by Gasteiger charge is 2.03. The normalized spacial score (nSPS) is 10.4. The maximum Gasteiger partial charge on any atom is 0.161 e. The van der Waals surface area contributed by atoms with Crippen LogP contribution in [0.1, 0.15) is 0 Å². The van der Waals surface area contributed by atoms with Crippen LogP contribution in [-0.4, -0.2) is 15.8 Å². The van der Waals surface area contributed by atoms with E-state index in [1.807, 2.05) is 47.5 Å². The van der Waals surface area contributed by atoms with Crippen LogP contribution in [0.5, 0.6) is 0 Å². The molecule has 4 heteroatoms. The highest BCUT2D eigenvalue weighted by molar-refractivity contribution is 7.98. The molecule has 0 aliphatic carbocycles. The van der Waals surface area contributed by atoms with Gasteiger partial charge >= 0.3 is 0 Å². The van der Waals surface area contributed by atoms with E-state index in [0.717, 1.165) is 10.8 Å². The van der Waals surface area contributed by atoms with E-state index in [2.05, 4.69) is 4.98 Å². The Balaban J connectivity index is 2.51. The van der Waals surface area contributed by atoms with Gasteiger partial charge in [-0.05, 0) is 30.5 Å². The predicted octanol–water partition coefficient (Wildman–Crippen LogP) is 2.18. The van der Waals surface area contributed by atoms with Crippen LogP contribution in [0.2, 0.25) is 0 Å². The van der Waals surface area contributed by atoms with Gasteiger partial charge in [-0.1, -0.05) is 0 Å². The van der Waals surface area contributed by atoms with Gasteiger partial charge in [0.05, 0.1) is 10.7 Å². The Kier molecular flexibility index (Phi) is 2.45. The molecule has 2 heterocycles. The summed E-state index contributed by atoms with van der Waals surface area (Å²) in [5.41, 5.74) is 6.54. The van der Waals surface area contributed by atoms with Crippen molar-refractivity contribution < 1.29 is 0 Å². The first kappa shape index (κ1) is 9.15. The molecule has 0 saturated carbocycles. The number of anilines is 1. The fourth-order valence-electron chi connectivity index (χ4n) is 1.24. The van der Waals surface area contributed by atoms with Gasteiger partial charge < -0.3 is 10.3 Å². The summed E-state index contributed by atoms with van der Waals surface area (Å²) < 4.78 is 1.91. The number of nitrogens with two attached hydrogens (primary N) is 1. The Labute approximate surface area is 87.0 Å². The molecule has 2 aromatic heterocycles. The van der Waals surface area contributed by atoms with Crippen LogP contribution >= 0.6 is 11.8 Å². The number of nitrogens with zero attached hydrogens (tertiary/aromatic N) is 2. The summed E-state index contributed by atoms with van der Waals surface area (Å²) in [5, 5.41) is 0.975. The lowest BCUT2D eigenvalue weighted by atomic mass is 10.4. The van der Waals surface area contributed by atoms with Crippen LogP contribution in [-0.2, 0) is 0 Å². The maximum atomic E-state index is 5.84. The molecule has 0 aliphatic heterocycles. The molecule has 0 saturated heterocycles. The van der Waals surface area contributed by atoms with Crippen LogP contribution in [0.4, 0.5) is 5.69 Å². The number of hydrogen-bond acceptors (Lipinski definition) is 3. The zero-order valence-electron chi connectivity index (χ0n) is 7.84. The monoisotopic (exact) mass is 205 g/mol. The molecule has 72 valence electrons. The molecule has 0 atom stereocenters. The van der Waals surface area contributed by atoms with Crippen LogP contribution in [0.25, 0.3) is 5.82 Å². The minimum Gasteiger partial charge on any atom is -0.396 e. The fraction of sp³-hybridized carbons (Fsp3) is 0.100. The topological polar surface area (TPSA) is 43.8 Å². The molecule has 0 fully saturated rings. The van der Waals surface area contributed by atoms with E-state index in [1.165, 1.54) is 0 Å². The zero-order chi connectivity index (χ0) is 9.97. The molecule has 2 aromatic rings. The summed E-state index contributed by atoms with van der Waals surface area (Å²) in [6.07, 6.45) is 5.86. The molecule has 2 rings (SSSR count). The lowest BCUT2D eigenvalue weighted by Gasteiger charge is -2.06. The van der Waals surface area contributed by atoms with Crippen molar-refractivity contribution in [3.63, 3.8) is 0 Å². The first-order valence-electron chi connectivity index (χ1n) is 4.25. The van der Waals surface area contributed by atoms with Gasteiger partial charge in [0.1, 0.15) is 0 Å². The van der Waals surface area contributed by atoms with Crippen LogP contribution in [0.15, 0.2) is 41.7 Å². The third-order valence-electron chi connectivity index (χ3n) is 1.94. The van der Waals surface area contributed by atoms with Gasteiger partial charge in [0.15, 0.2) is 5.82 Å². The van der Waals surface area contributed by atoms with Crippen molar-refractivity contribution >= 4 is 17.4 Å². The molecule has 3 nitrogen and oxygen atoms in total. The smallest absolute Gasteiger partial charge is 0.161 e. The number of nitrogen functional groups attached to an aromatic ring is 1. The average Bonchev–Trinajstić information content (AvgIpc) is 2.71. The van der Waals surface area contributed by atoms with E-state index in [9.17, 15) is 0 Å². The molecular formula is C10H11N3S. The third kappa shape index (κ3) is 1.61. The Morgan fingerprint density at radius 3 is 2.64 bits per heavy atom. The Bertz CT molecular complexity index is 423. The molecule has 0 amide bonds. The molecule has 0 spiro atoms. The van der Waals surface area contributed by atoms with Gasteiger partial charge in [-0.3, -0.25) is 0 Å². The van der Waals surface area contributed by atoms with Gasteiger partial charge in [0, 0.05) is 12.4 Å². The Morgan fingerprint density at radius 2 is 2.00 bits per heavy atom.